The molecule has 1 aliphatic rings. The number of halogens is 1. The molecule has 1 aromatic carbocycles. The maximum absolute atomic E-state index is 14.2. The second-order valence-electron chi connectivity index (χ2n) is 5.05. The van der Waals surface area contributed by atoms with Crippen molar-refractivity contribution in [2.24, 2.45) is 0 Å². The van der Waals surface area contributed by atoms with Crippen molar-refractivity contribution in [2.75, 3.05) is 18.6 Å². The van der Waals surface area contributed by atoms with E-state index in [1.165, 1.54) is 20.1 Å². The van der Waals surface area contributed by atoms with Gasteiger partial charge in [0.15, 0.2) is 17.3 Å². The summed E-state index contributed by atoms with van der Waals surface area (Å²) in [4.78, 5) is 23.6. The first-order valence-corrected chi connectivity index (χ1v) is 6.74. The Kier molecular flexibility index (Phi) is 4.40. The summed E-state index contributed by atoms with van der Waals surface area (Å²) >= 11 is 0. The third kappa shape index (κ3) is 2.96. The smallest absolute Gasteiger partial charge is 0.313 e. The zero-order valence-electron chi connectivity index (χ0n) is 12.0. The van der Waals surface area contributed by atoms with E-state index < -0.39 is 16.4 Å². The van der Waals surface area contributed by atoms with Crippen LogP contribution >= 0.6 is 0 Å². The van der Waals surface area contributed by atoms with Crippen molar-refractivity contribution in [2.45, 2.75) is 32.2 Å². The third-order valence-electron chi connectivity index (χ3n) is 3.73. The molecule has 1 aromatic rings. The number of benzene rings is 1. The van der Waals surface area contributed by atoms with Gasteiger partial charge in [-0.2, -0.15) is 0 Å². The highest BCUT2D eigenvalue weighted by molar-refractivity contribution is 5.85. The van der Waals surface area contributed by atoms with Gasteiger partial charge in [0.25, 0.3) is 0 Å². The van der Waals surface area contributed by atoms with Crippen LogP contribution in [0.3, 0.4) is 0 Å². The molecule has 0 bridgehead atoms. The summed E-state index contributed by atoms with van der Waals surface area (Å²) in [6.45, 7) is 2.02. The monoisotopic (exact) mass is 296 g/mol. The molecule has 0 spiro atoms. The quantitative estimate of drug-likeness (QED) is 0.631. The Morgan fingerprint density at radius 1 is 1.48 bits per heavy atom. The molecular formula is C14H17FN2O4. The fourth-order valence-electron chi connectivity index (χ4n) is 2.70. The molecule has 1 aliphatic heterocycles. The van der Waals surface area contributed by atoms with E-state index in [0.29, 0.717) is 13.0 Å². The van der Waals surface area contributed by atoms with Crippen LogP contribution in [0.5, 0.6) is 5.75 Å². The SMILES string of the molecule is COc1cc(N2CCCCC2C(C)=O)c(F)cc1[N+](=O)[O-]. The number of carbonyl (C=O) groups is 1. The molecule has 1 heterocycles. The number of nitrogens with zero attached hydrogens (tertiary/aromatic N) is 2. The number of rotatable bonds is 4. The van der Waals surface area contributed by atoms with Crippen molar-refractivity contribution in [1.82, 2.24) is 0 Å². The second kappa shape index (κ2) is 6.07. The van der Waals surface area contributed by atoms with Gasteiger partial charge in [0.2, 0.25) is 0 Å². The average Bonchev–Trinajstić information content (AvgIpc) is 2.46. The Morgan fingerprint density at radius 3 is 2.76 bits per heavy atom. The van der Waals surface area contributed by atoms with Gasteiger partial charge in [-0.15, -0.1) is 0 Å². The third-order valence-corrected chi connectivity index (χ3v) is 3.73. The largest absolute Gasteiger partial charge is 0.490 e. The Balaban J connectivity index is 2.47. The Hall–Kier alpha value is -2.18. The van der Waals surface area contributed by atoms with E-state index in [2.05, 4.69) is 0 Å². The van der Waals surface area contributed by atoms with Gasteiger partial charge in [-0.05, 0) is 26.2 Å². The molecule has 2 rings (SSSR count). The van der Waals surface area contributed by atoms with Crippen LogP contribution in [-0.4, -0.2) is 30.4 Å². The van der Waals surface area contributed by atoms with Gasteiger partial charge in [-0.3, -0.25) is 14.9 Å². The number of nitro benzene ring substituents is 1. The van der Waals surface area contributed by atoms with Gasteiger partial charge >= 0.3 is 5.69 Å². The van der Waals surface area contributed by atoms with E-state index in [-0.39, 0.29) is 23.3 Å². The molecule has 0 N–H and O–H groups in total. The van der Waals surface area contributed by atoms with Crippen LogP contribution in [0.1, 0.15) is 26.2 Å². The molecule has 1 atom stereocenters. The van der Waals surface area contributed by atoms with Crippen LogP contribution in [0.4, 0.5) is 15.8 Å². The molecular weight excluding hydrogens is 279 g/mol. The van der Waals surface area contributed by atoms with E-state index in [4.69, 9.17) is 4.74 Å². The molecule has 7 heteroatoms. The highest BCUT2D eigenvalue weighted by Gasteiger charge is 2.30. The lowest BCUT2D eigenvalue weighted by Crippen LogP contribution is -2.44. The number of ketones is 1. The highest BCUT2D eigenvalue weighted by atomic mass is 19.1. The summed E-state index contributed by atoms with van der Waals surface area (Å²) in [6.07, 6.45) is 2.42. The van der Waals surface area contributed by atoms with E-state index in [1.807, 2.05) is 0 Å². The first-order valence-electron chi connectivity index (χ1n) is 6.74. The van der Waals surface area contributed by atoms with Gasteiger partial charge in [-0.1, -0.05) is 0 Å². The van der Waals surface area contributed by atoms with Crippen LogP contribution in [0, 0.1) is 15.9 Å². The molecule has 0 saturated carbocycles. The first kappa shape index (κ1) is 15.2. The molecule has 0 aliphatic carbocycles. The number of methoxy groups -OCH3 is 1. The predicted molar refractivity (Wildman–Crippen MR) is 75.3 cm³/mol. The standard InChI is InChI=1S/C14H17FN2O4/c1-9(18)11-5-3-4-6-16(11)12-8-14(21-2)13(17(19)20)7-10(12)15/h7-8,11H,3-6H2,1-2H3. The van der Waals surface area contributed by atoms with Crippen molar-refractivity contribution < 1.29 is 18.8 Å². The van der Waals surface area contributed by atoms with Crippen LogP contribution in [-0.2, 0) is 4.79 Å². The van der Waals surface area contributed by atoms with E-state index >= 15 is 0 Å². The van der Waals surface area contributed by atoms with E-state index in [1.54, 1.807) is 4.90 Å². The molecule has 6 nitrogen and oxygen atoms in total. The normalized spacial score (nSPS) is 18.4. The van der Waals surface area contributed by atoms with Crippen molar-refractivity contribution in [3.63, 3.8) is 0 Å². The van der Waals surface area contributed by atoms with Crippen molar-refractivity contribution in [3.8, 4) is 5.75 Å². The minimum Gasteiger partial charge on any atom is -0.490 e. The maximum Gasteiger partial charge on any atom is 0.313 e. The van der Waals surface area contributed by atoms with Crippen LogP contribution in [0.25, 0.3) is 0 Å². The minimum absolute atomic E-state index is 0.00993. The number of ether oxygens (including phenoxy) is 1. The number of nitro groups is 1. The highest BCUT2D eigenvalue weighted by Crippen LogP contribution is 2.36. The van der Waals surface area contributed by atoms with Gasteiger partial charge < -0.3 is 9.64 Å². The van der Waals surface area contributed by atoms with Crippen LogP contribution in [0.2, 0.25) is 0 Å². The van der Waals surface area contributed by atoms with Crippen molar-refractivity contribution >= 4 is 17.2 Å². The summed E-state index contributed by atoms with van der Waals surface area (Å²) in [6, 6.07) is 1.76. The molecule has 0 amide bonds. The van der Waals surface area contributed by atoms with Gasteiger partial charge in [0.05, 0.1) is 29.8 Å². The number of hydrogen-bond donors (Lipinski definition) is 0. The van der Waals surface area contributed by atoms with Crippen LogP contribution < -0.4 is 9.64 Å². The van der Waals surface area contributed by atoms with Crippen molar-refractivity contribution in [3.05, 3.63) is 28.1 Å². The minimum atomic E-state index is -0.712. The summed E-state index contributed by atoms with van der Waals surface area (Å²) in [5.74, 6) is -0.758. The lowest BCUT2D eigenvalue weighted by atomic mass is 9.98. The topological polar surface area (TPSA) is 72.7 Å². The number of anilines is 1. The predicted octanol–water partition coefficient (Wildman–Crippen LogP) is 2.69. The number of Topliss-reactive ketones (excluding diaryl/α,β-unsaturated/α-hetero) is 1. The average molecular weight is 296 g/mol. The lowest BCUT2D eigenvalue weighted by molar-refractivity contribution is -0.385. The molecule has 1 saturated heterocycles. The molecule has 114 valence electrons. The summed E-state index contributed by atoms with van der Waals surface area (Å²) in [5.41, 5.74) is -0.243. The zero-order chi connectivity index (χ0) is 15.6. The Bertz CT molecular complexity index is 576. The van der Waals surface area contributed by atoms with Gasteiger partial charge in [0.1, 0.15) is 0 Å². The summed E-state index contributed by atoms with van der Waals surface area (Å²) in [5, 5.41) is 10.9. The first-order chi connectivity index (χ1) is 9.95. The molecule has 21 heavy (non-hydrogen) atoms. The number of piperidine rings is 1. The molecule has 1 fully saturated rings. The molecule has 1 unspecified atom stereocenters. The fraction of sp³-hybridized carbons (Fsp3) is 0.500. The summed E-state index contributed by atoms with van der Waals surface area (Å²) < 4.78 is 19.2. The number of hydrogen-bond acceptors (Lipinski definition) is 5. The van der Waals surface area contributed by atoms with Crippen LogP contribution in [0.15, 0.2) is 12.1 Å². The van der Waals surface area contributed by atoms with E-state index in [0.717, 1.165) is 18.9 Å². The Labute approximate surface area is 121 Å². The van der Waals surface area contributed by atoms with E-state index in [9.17, 15) is 19.3 Å². The molecule has 0 aromatic heterocycles. The Morgan fingerprint density at radius 2 is 2.19 bits per heavy atom. The van der Waals surface area contributed by atoms with Crippen molar-refractivity contribution in [1.29, 1.82) is 0 Å². The fourth-order valence-corrected chi connectivity index (χ4v) is 2.70. The molecule has 0 radical (unpaired) electrons. The van der Waals surface area contributed by atoms with Gasteiger partial charge in [-0.25, -0.2) is 4.39 Å². The zero-order valence-corrected chi connectivity index (χ0v) is 12.0. The second-order valence-corrected chi connectivity index (χ2v) is 5.05. The maximum atomic E-state index is 14.2. The summed E-state index contributed by atoms with van der Waals surface area (Å²) in [7, 11) is 1.29. The number of carbonyl (C=O) groups excluding carboxylic acids is 1. The lowest BCUT2D eigenvalue weighted by Gasteiger charge is -2.36. The van der Waals surface area contributed by atoms with Gasteiger partial charge in [0, 0.05) is 12.6 Å².